The van der Waals surface area contributed by atoms with Gasteiger partial charge in [-0.25, -0.2) is 0 Å². The van der Waals surface area contributed by atoms with Crippen LogP contribution in [0, 0.1) is 0 Å². The fourth-order valence-corrected chi connectivity index (χ4v) is 4.06. The van der Waals surface area contributed by atoms with E-state index in [9.17, 15) is 19.2 Å². The fraction of sp³-hybridized carbons (Fsp3) is 0.630. The zero-order valence-corrected chi connectivity index (χ0v) is 22.5. The number of ether oxygens (including phenoxy) is 6. The van der Waals surface area contributed by atoms with Gasteiger partial charge < -0.3 is 33.7 Å². The smallest absolute Gasteiger partial charge is 0.303 e. The van der Waals surface area contributed by atoms with E-state index in [1.807, 2.05) is 30.3 Å². The highest BCUT2D eigenvalue weighted by Crippen LogP contribution is 2.28. The first-order chi connectivity index (χ1) is 18.2. The molecule has 5 unspecified atom stereocenters. The van der Waals surface area contributed by atoms with Gasteiger partial charge in [0.2, 0.25) is 5.91 Å². The molecule has 212 valence electrons. The summed E-state index contributed by atoms with van der Waals surface area (Å²) in [6.45, 7) is 6.20. The Balaban J connectivity index is 1.93. The Morgan fingerprint density at radius 2 is 1.45 bits per heavy atom. The Hall–Kier alpha value is -3.02. The van der Waals surface area contributed by atoms with E-state index >= 15 is 0 Å². The molecule has 1 aliphatic heterocycles. The summed E-state index contributed by atoms with van der Waals surface area (Å²) < 4.78 is 33.5. The molecule has 1 aromatic carbocycles. The van der Waals surface area contributed by atoms with Crippen LogP contribution in [0.5, 0.6) is 0 Å². The summed E-state index contributed by atoms with van der Waals surface area (Å²) >= 11 is 0. The number of esters is 3. The zero-order chi connectivity index (χ0) is 27.9. The van der Waals surface area contributed by atoms with Crippen molar-refractivity contribution in [2.75, 3.05) is 19.8 Å². The Bertz CT molecular complexity index is 893. The molecule has 1 amide bonds. The van der Waals surface area contributed by atoms with Crippen molar-refractivity contribution in [3.8, 4) is 0 Å². The molecule has 11 nitrogen and oxygen atoms in total. The molecule has 38 heavy (non-hydrogen) atoms. The van der Waals surface area contributed by atoms with Crippen LogP contribution in [-0.4, -0.2) is 74.3 Å². The monoisotopic (exact) mass is 537 g/mol. The standard InChI is InChI=1S/C27H39NO10/c1-18(29)28-24-26(37-21(4)32)25(36-20(3)31)23(17-35-19(2)30)38-27(24)34-15-11-6-5-10-14-33-16-22-12-8-7-9-13-22/h7-9,12-13,23-27H,5-6,10-11,14-17H2,1-4H3,(H,28,29). The van der Waals surface area contributed by atoms with Crippen molar-refractivity contribution < 1.29 is 47.6 Å². The maximum absolute atomic E-state index is 12.0. The van der Waals surface area contributed by atoms with Gasteiger partial charge in [0.25, 0.3) is 0 Å². The van der Waals surface area contributed by atoms with Crippen molar-refractivity contribution in [3.05, 3.63) is 35.9 Å². The van der Waals surface area contributed by atoms with Crippen molar-refractivity contribution in [2.45, 2.75) is 90.6 Å². The maximum atomic E-state index is 12.0. The molecule has 0 aliphatic carbocycles. The lowest BCUT2D eigenvalue weighted by molar-refractivity contribution is -0.277. The minimum atomic E-state index is -1.14. The number of carbonyl (C=O) groups excluding carboxylic acids is 4. The predicted molar refractivity (Wildman–Crippen MR) is 135 cm³/mol. The van der Waals surface area contributed by atoms with E-state index in [0.717, 1.165) is 24.8 Å². The summed E-state index contributed by atoms with van der Waals surface area (Å²) in [6.07, 6.45) is -0.834. The highest BCUT2D eigenvalue weighted by molar-refractivity contribution is 5.73. The molecule has 11 heteroatoms. The summed E-state index contributed by atoms with van der Waals surface area (Å²) in [5, 5.41) is 2.68. The van der Waals surface area contributed by atoms with Gasteiger partial charge in [-0.1, -0.05) is 43.2 Å². The van der Waals surface area contributed by atoms with Crippen LogP contribution in [0.4, 0.5) is 0 Å². The summed E-state index contributed by atoms with van der Waals surface area (Å²) in [6, 6.07) is 9.02. The minimum absolute atomic E-state index is 0.263. The third kappa shape index (κ3) is 11.6. The first kappa shape index (κ1) is 31.2. The average molecular weight is 538 g/mol. The summed E-state index contributed by atoms with van der Waals surface area (Å²) in [4.78, 5) is 47.0. The van der Waals surface area contributed by atoms with Crippen LogP contribution >= 0.6 is 0 Å². The van der Waals surface area contributed by atoms with E-state index in [1.165, 1.54) is 27.7 Å². The molecule has 0 aromatic heterocycles. The number of unbranched alkanes of at least 4 members (excludes halogenated alkanes) is 3. The first-order valence-corrected chi connectivity index (χ1v) is 12.8. The van der Waals surface area contributed by atoms with E-state index in [1.54, 1.807) is 0 Å². The SMILES string of the molecule is CC(=O)NC1C(OCCCCCCOCc2ccccc2)OC(COC(C)=O)C(OC(C)=O)C1OC(C)=O. The molecule has 1 heterocycles. The highest BCUT2D eigenvalue weighted by Gasteiger charge is 2.51. The molecule has 1 fully saturated rings. The van der Waals surface area contributed by atoms with Gasteiger partial charge in [0.05, 0.1) is 6.61 Å². The molecule has 5 atom stereocenters. The van der Waals surface area contributed by atoms with Gasteiger partial charge in [-0.15, -0.1) is 0 Å². The van der Waals surface area contributed by atoms with Crippen LogP contribution in [0.15, 0.2) is 30.3 Å². The average Bonchev–Trinajstić information content (AvgIpc) is 2.84. The zero-order valence-electron chi connectivity index (χ0n) is 22.5. The lowest BCUT2D eigenvalue weighted by Crippen LogP contribution is -2.66. The second-order valence-electron chi connectivity index (χ2n) is 9.04. The molecular formula is C27H39NO10. The number of benzene rings is 1. The van der Waals surface area contributed by atoms with Crippen LogP contribution in [-0.2, 0) is 54.2 Å². The Kier molecular flexibility index (Phi) is 13.7. The molecular weight excluding hydrogens is 498 g/mol. The van der Waals surface area contributed by atoms with Gasteiger partial charge in [-0.3, -0.25) is 19.2 Å². The third-order valence-electron chi connectivity index (χ3n) is 5.65. The normalized spacial score (nSPS) is 22.8. The van der Waals surface area contributed by atoms with Crippen molar-refractivity contribution in [1.29, 1.82) is 0 Å². The molecule has 0 saturated carbocycles. The third-order valence-corrected chi connectivity index (χ3v) is 5.65. The molecule has 0 bridgehead atoms. The number of carbonyl (C=O) groups is 4. The van der Waals surface area contributed by atoms with Crippen LogP contribution in [0.3, 0.4) is 0 Å². The second-order valence-corrected chi connectivity index (χ2v) is 9.04. The summed E-state index contributed by atoms with van der Waals surface area (Å²) in [7, 11) is 0. The topological polar surface area (TPSA) is 136 Å². The number of rotatable bonds is 15. The van der Waals surface area contributed by atoms with Crippen LogP contribution in [0.25, 0.3) is 0 Å². The van der Waals surface area contributed by atoms with Gasteiger partial charge >= 0.3 is 17.9 Å². The fourth-order valence-electron chi connectivity index (χ4n) is 4.06. The molecule has 1 aliphatic rings. The lowest BCUT2D eigenvalue weighted by atomic mass is 9.96. The molecule has 1 N–H and O–H groups in total. The van der Waals surface area contributed by atoms with Gasteiger partial charge in [-0.2, -0.15) is 0 Å². The van der Waals surface area contributed by atoms with E-state index in [0.29, 0.717) is 26.2 Å². The molecule has 0 spiro atoms. The quantitative estimate of drug-likeness (QED) is 0.202. The first-order valence-electron chi connectivity index (χ1n) is 12.8. The lowest BCUT2D eigenvalue weighted by Gasteiger charge is -2.44. The van der Waals surface area contributed by atoms with Crippen molar-refractivity contribution >= 4 is 23.8 Å². The highest BCUT2D eigenvalue weighted by atomic mass is 16.7. The van der Waals surface area contributed by atoms with Gasteiger partial charge in [-0.05, 0) is 18.4 Å². The van der Waals surface area contributed by atoms with Gasteiger partial charge in [0.1, 0.15) is 18.8 Å². The van der Waals surface area contributed by atoms with Crippen LogP contribution < -0.4 is 5.32 Å². The Labute approximate surface area is 223 Å². The van der Waals surface area contributed by atoms with Crippen molar-refractivity contribution in [1.82, 2.24) is 5.32 Å². The molecule has 1 saturated heterocycles. The van der Waals surface area contributed by atoms with Crippen molar-refractivity contribution in [2.24, 2.45) is 0 Å². The maximum Gasteiger partial charge on any atom is 0.303 e. The second kappa shape index (κ2) is 16.7. The molecule has 1 aromatic rings. The van der Waals surface area contributed by atoms with E-state index in [2.05, 4.69) is 5.32 Å². The Morgan fingerprint density at radius 3 is 2.05 bits per heavy atom. The number of amides is 1. The predicted octanol–water partition coefficient (Wildman–Crippen LogP) is 2.44. The molecule has 2 rings (SSSR count). The number of hydrogen-bond acceptors (Lipinski definition) is 10. The minimum Gasteiger partial charge on any atom is -0.463 e. The largest absolute Gasteiger partial charge is 0.463 e. The van der Waals surface area contributed by atoms with E-state index in [4.69, 9.17) is 28.4 Å². The number of nitrogens with one attached hydrogen (secondary N) is 1. The molecule has 0 radical (unpaired) electrons. The van der Waals surface area contributed by atoms with Crippen LogP contribution in [0.1, 0.15) is 58.9 Å². The summed E-state index contributed by atoms with van der Waals surface area (Å²) in [5.41, 5.74) is 1.14. The van der Waals surface area contributed by atoms with E-state index in [-0.39, 0.29) is 6.61 Å². The number of hydrogen-bond donors (Lipinski definition) is 1. The van der Waals surface area contributed by atoms with E-state index < -0.39 is 54.5 Å². The van der Waals surface area contributed by atoms with Crippen LogP contribution in [0.2, 0.25) is 0 Å². The summed E-state index contributed by atoms with van der Waals surface area (Å²) in [5.74, 6) is -2.28. The van der Waals surface area contributed by atoms with Gasteiger partial charge in [0.15, 0.2) is 18.5 Å². The van der Waals surface area contributed by atoms with Crippen molar-refractivity contribution in [3.63, 3.8) is 0 Å². The Morgan fingerprint density at radius 1 is 0.816 bits per heavy atom. The van der Waals surface area contributed by atoms with Gasteiger partial charge in [0, 0.05) is 40.9 Å².